The lowest BCUT2D eigenvalue weighted by atomic mass is 10.7. The Balaban J connectivity index is 3.42. The first-order valence-electron chi connectivity index (χ1n) is 2.39. The standard InChI is InChI=1S/C3H9N5O/c4-1-2-6-3(5)7-8-9/h1-2,4H2,(H3,5,6,7,9). The third-order valence-electron chi connectivity index (χ3n) is 0.571. The van der Waals surface area contributed by atoms with Gasteiger partial charge in [-0.3, -0.25) is 4.99 Å². The summed E-state index contributed by atoms with van der Waals surface area (Å²) < 4.78 is 0. The normalized spacial score (nSPS) is 11.0. The van der Waals surface area contributed by atoms with E-state index in [0.717, 1.165) is 0 Å². The van der Waals surface area contributed by atoms with Crippen molar-refractivity contribution < 1.29 is 0 Å². The maximum absolute atomic E-state index is 9.43. The van der Waals surface area contributed by atoms with Gasteiger partial charge in [-0.15, -0.1) is 4.91 Å². The maximum Gasteiger partial charge on any atom is 0.212 e. The van der Waals surface area contributed by atoms with Crippen molar-refractivity contribution in [1.82, 2.24) is 5.43 Å². The predicted molar refractivity (Wildman–Crippen MR) is 34.5 cm³/mol. The van der Waals surface area contributed by atoms with E-state index in [2.05, 4.69) is 10.3 Å². The molecule has 0 radical (unpaired) electrons. The first-order chi connectivity index (χ1) is 4.31. The van der Waals surface area contributed by atoms with E-state index in [1.165, 1.54) is 0 Å². The molecule has 0 aliphatic rings. The summed E-state index contributed by atoms with van der Waals surface area (Å²) in [5.41, 5.74) is 12.1. The number of rotatable bonds is 3. The molecule has 0 saturated carbocycles. The van der Waals surface area contributed by atoms with E-state index in [-0.39, 0.29) is 5.96 Å². The minimum atomic E-state index is -0.00421. The summed E-state index contributed by atoms with van der Waals surface area (Å²) in [5.74, 6) is -0.00421. The van der Waals surface area contributed by atoms with Crippen LogP contribution in [0.2, 0.25) is 0 Å². The van der Waals surface area contributed by atoms with Crippen LogP contribution in [0.5, 0.6) is 0 Å². The molecule has 0 rings (SSSR count). The van der Waals surface area contributed by atoms with E-state index >= 15 is 0 Å². The molecule has 0 atom stereocenters. The maximum atomic E-state index is 9.43. The summed E-state index contributed by atoms with van der Waals surface area (Å²) >= 11 is 0. The minimum Gasteiger partial charge on any atom is -0.368 e. The van der Waals surface area contributed by atoms with Gasteiger partial charge in [0, 0.05) is 6.54 Å². The fraction of sp³-hybridized carbons (Fsp3) is 0.667. The van der Waals surface area contributed by atoms with Gasteiger partial charge in [0.2, 0.25) is 5.96 Å². The quantitative estimate of drug-likeness (QED) is 0.188. The highest BCUT2D eigenvalue weighted by molar-refractivity contribution is 5.77. The number of nitrogens with zero attached hydrogens (tertiary/aromatic N) is 2. The van der Waals surface area contributed by atoms with E-state index in [0.29, 0.717) is 13.1 Å². The second-order valence-corrected chi connectivity index (χ2v) is 1.26. The van der Waals surface area contributed by atoms with Crippen LogP contribution in [0.3, 0.4) is 0 Å². The van der Waals surface area contributed by atoms with Gasteiger partial charge in [0.15, 0.2) is 0 Å². The molecule has 0 aliphatic heterocycles. The van der Waals surface area contributed by atoms with Crippen LogP contribution in [-0.2, 0) is 0 Å². The van der Waals surface area contributed by atoms with E-state index in [1.807, 2.05) is 5.43 Å². The van der Waals surface area contributed by atoms with Gasteiger partial charge in [-0.1, -0.05) is 0 Å². The fourth-order valence-electron chi connectivity index (χ4n) is 0.267. The molecule has 0 aromatic rings. The third kappa shape index (κ3) is 4.69. The molecule has 6 heteroatoms. The number of guanidine groups is 1. The molecule has 0 heterocycles. The van der Waals surface area contributed by atoms with Crippen molar-refractivity contribution >= 4 is 5.96 Å². The van der Waals surface area contributed by atoms with Gasteiger partial charge in [-0.2, -0.15) is 0 Å². The average molecular weight is 131 g/mol. The second-order valence-electron chi connectivity index (χ2n) is 1.26. The highest BCUT2D eigenvalue weighted by Crippen LogP contribution is 1.64. The molecule has 0 amide bonds. The lowest BCUT2D eigenvalue weighted by Crippen LogP contribution is -2.27. The summed E-state index contributed by atoms with van der Waals surface area (Å²) in [7, 11) is 0. The minimum absolute atomic E-state index is 0.00421. The van der Waals surface area contributed by atoms with Crippen LogP contribution in [0.25, 0.3) is 0 Å². The fourth-order valence-corrected chi connectivity index (χ4v) is 0.267. The Kier molecular flexibility index (Phi) is 4.33. The summed E-state index contributed by atoms with van der Waals surface area (Å²) in [5, 5.41) is 2.29. The SMILES string of the molecule is NCCN=C(N)NN=O. The van der Waals surface area contributed by atoms with Gasteiger partial charge >= 0.3 is 0 Å². The zero-order valence-corrected chi connectivity index (χ0v) is 4.87. The zero-order chi connectivity index (χ0) is 7.11. The molecule has 0 aromatic carbocycles. The monoisotopic (exact) mass is 131 g/mol. The molecule has 0 bridgehead atoms. The third-order valence-corrected chi connectivity index (χ3v) is 0.571. The molecule has 0 fully saturated rings. The molecule has 0 spiro atoms. The largest absolute Gasteiger partial charge is 0.368 e. The van der Waals surface area contributed by atoms with Crippen molar-refractivity contribution in [1.29, 1.82) is 0 Å². The number of nitroso groups, excluding NO2 is 1. The predicted octanol–water partition coefficient (Wildman–Crippen LogP) is -1.47. The Morgan fingerprint density at radius 1 is 1.67 bits per heavy atom. The lowest BCUT2D eigenvalue weighted by molar-refractivity contribution is 0.925. The Hall–Kier alpha value is -1.17. The van der Waals surface area contributed by atoms with Crippen LogP contribution >= 0.6 is 0 Å². The van der Waals surface area contributed by atoms with Crippen molar-refractivity contribution in [2.75, 3.05) is 13.1 Å². The van der Waals surface area contributed by atoms with Crippen LogP contribution in [0, 0.1) is 4.91 Å². The van der Waals surface area contributed by atoms with E-state index in [4.69, 9.17) is 11.5 Å². The Bertz CT molecular complexity index is 111. The smallest absolute Gasteiger partial charge is 0.212 e. The average Bonchev–Trinajstić information content (AvgIpc) is 1.85. The molecule has 0 saturated heterocycles. The lowest BCUT2D eigenvalue weighted by Gasteiger charge is -1.92. The molecule has 9 heavy (non-hydrogen) atoms. The topological polar surface area (TPSA) is 106 Å². The van der Waals surface area contributed by atoms with E-state index < -0.39 is 0 Å². The summed E-state index contributed by atoms with van der Waals surface area (Å²) in [6, 6.07) is 0. The summed E-state index contributed by atoms with van der Waals surface area (Å²) in [6.45, 7) is 0.801. The Morgan fingerprint density at radius 3 is 2.78 bits per heavy atom. The molecule has 0 aromatic heterocycles. The van der Waals surface area contributed by atoms with Gasteiger partial charge in [0.25, 0.3) is 0 Å². The van der Waals surface area contributed by atoms with Crippen molar-refractivity contribution in [2.24, 2.45) is 21.7 Å². The highest BCUT2D eigenvalue weighted by Gasteiger charge is 1.84. The van der Waals surface area contributed by atoms with E-state index in [9.17, 15) is 4.91 Å². The molecular formula is C3H9N5O. The van der Waals surface area contributed by atoms with E-state index in [1.54, 1.807) is 0 Å². The summed E-state index contributed by atoms with van der Waals surface area (Å²) in [6.07, 6.45) is 0. The molecule has 6 nitrogen and oxygen atoms in total. The second kappa shape index (κ2) is 4.98. The van der Waals surface area contributed by atoms with Crippen LogP contribution in [0.4, 0.5) is 0 Å². The number of hydrogen-bond donors (Lipinski definition) is 3. The number of nitrogens with two attached hydrogens (primary N) is 2. The van der Waals surface area contributed by atoms with Crippen molar-refractivity contribution in [2.45, 2.75) is 0 Å². The van der Waals surface area contributed by atoms with Crippen molar-refractivity contribution in [3.8, 4) is 0 Å². The Labute approximate surface area is 52.3 Å². The summed E-state index contributed by atoms with van der Waals surface area (Å²) in [4.78, 5) is 13.0. The van der Waals surface area contributed by atoms with Gasteiger partial charge in [0.05, 0.1) is 11.8 Å². The zero-order valence-electron chi connectivity index (χ0n) is 4.87. The van der Waals surface area contributed by atoms with Crippen LogP contribution in [0.15, 0.2) is 10.3 Å². The van der Waals surface area contributed by atoms with Crippen LogP contribution < -0.4 is 16.9 Å². The number of nitrogens with one attached hydrogen (secondary N) is 1. The van der Waals surface area contributed by atoms with Crippen molar-refractivity contribution in [3.63, 3.8) is 0 Å². The first kappa shape index (κ1) is 7.83. The number of aliphatic imine (C=N–C) groups is 1. The highest BCUT2D eigenvalue weighted by atomic mass is 16.3. The van der Waals surface area contributed by atoms with Gasteiger partial charge in [-0.05, 0) is 0 Å². The molecule has 52 valence electrons. The molecule has 0 aliphatic carbocycles. The molecular weight excluding hydrogens is 122 g/mol. The van der Waals surface area contributed by atoms with Crippen molar-refractivity contribution in [3.05, 3.63) is 4.91 Å². The van der Waals surface area contributed by atoms with Gasteiger partial charge in [-0.25, -0.2) is 5.43 Å². The van der Waals surface area contributed by atoms with Crippen LogP contribution in [-0.4, -0.2) is 19.0 Å². The first-order valence-corrected chi connectivity index (χ1v) is 2.39. The number of hydrogen-bond acceptors (Lipinski definition) is 4. The van der Waals surface area contributed by atoms with Crippen LogP contribution in [0.1, 0.15) is 0 Å². The Morgan fingerprint density at radius 2 is 2.33 bits per heavy atom. The van der Waals surface area contributed by atoms with Gasteiger partial charge < -0.3 is 11.5 Å². The molecule has 0 unspecified atom stereocenters. The van der Waals surface area contributed by atoms with Gasteiger partial charge in [0.1, 0.15) is 0 Å². The molecule has 5 N–H and O–H groups in total.